The molecule has 8 nitrogen and oxygen atoms in total. The molecule has 3 fully saturated rings. The van der Waals surface area contributed by atoms with E-state index in [0.29, 0.717) is 11.3 Å². The number of anilines is 1. The molecular weight excluding hydrogens is 536 g/mol. The number of hydrogen-bond donors (Lipinski definition) is 1. The largest absolute Gasteiger partial charge is 0.497 e. The van der Waals surface area contributed by atoms with Crippen molar-refractivity contribution in [2.75, 3.05) is 18.6 Å². The summed E-state index contributed by atoms with van der Waals surface area (Å²) < 4.78 is 10.4. The second-order valence-corrected chi connectivity index (χ2v) is 12.7. The van der Waals surface area contributed by atoms with E-state index in [2.05, 4.69) is 4.98 Å². The smallest absolute Gasteiger partial charge is 0.338 e. The fraction of sp³-hybridized carbons (Fsp3) is 0.379. The first-order chi connectivity index (χ1) is 18.9. The summed E-state index contributed by atoms with van der Waals surface area (Å²) in [6.07, 6.45) is 0.830. The van der Waals surface area contributed by atoms with Crippen LogP contribution in [-0.4, -0.2) is 41.7 Å². The zero-order valence-electron chi connectivity index (χ0n) is 21.3. The second kappa shape index (κ2) is 9.09. The molecule has 2 aliphatic heterocycles. The number of thioether (sulfide) groups is 1. The molecule has 1 N–H and O–H groups in total. The van der Waals surface area contributed by atoms with Crippen LogP contribution >= 0.6 is 23.1 Å². The maximum atomic E-state index is 13.9. The van der Waals surface area contributed by atoms with Crippen LogP contribution in [0.4, 0.5) is 5.69 Å². The summed E-state index contributed by atoms with van der Waals surface area (Å²) in [6.45, 7) is 2.01. The SMILES string of the molecule is CCOC(=O)c1ccc(N2C(=O)C3C4CC(C3C2=O)C2C4Sc3[nH]c(=O)sc3[C@@H]2c2ccc(OC)cc2)cc1. The Kier molecular flexibility index (Phi) is 5.75. The van der Waals surface area contributed by atoms with Gasteiger partial charge in [-0.05, 0) is 73.1 Å². The Labute approximate surface area is 232 Å². The number of aromatic nitrogens is 1. The molecule has 4 aliphatic rings. The van der Waals surface area contributed by atoms with Gasteiger partial charge < -0.3 is 14.5 Å². The highest BCUT2D eigenvalue weighted by molar-refractivity contribution is 8.00. The maximum absolute atomic E-state index is 13.9. The number of methoxy groups -OCH3 is 1. The number of nitrogens with one attached hydrogen (secondary N) is 1. The van der Waals surface area contributed by atoms with Gasteiger partial charge in [-0.3, -0.25) is 19.3 Å². The Bertz CT molecular complexity index is 1540. The van der Waals surface area contributed by atoms with E-state index in [1.807, 2.05) is 24.3 Å². The third-order valence-corrected chi connectivity index (χ3v) is 11.4. The Morgan fingerprint density at radius 2 is 1.69 bits per heavy atom. The highest BCUT2D eigenvalue weighted by Crippen LogP contribution is 2.68. The summed E-state index contributed by atoms with van der Waals surface area (Å²) in [6, 6.07) is 14.5. The Balaban J connectivity index is 1.24. The van der Waals surface area contributed by atoms with E-state index in [0.717, 1.165) is 27.6 Å². The number of imide groups is 1. The number of benzene rings is 2. The zero-order chi connectivity index (χ0) is 27.0. The van der Waals surface area contributed by atoms with Crippen LogP contribution in [0.1, 0.15) is 40.1 Å². The van der Waals surface area contributed by atoms with Gasteiger partial charge in [-0.15, -0.1) is 11.8 Å². The van der Waals surface area contributed by atoms with Gasteiger partial charge in [0.1, 0.15) is 5.75 Å². The second-order valence-electron chi connectivity index (χ2n) is 10.5. The highest BCUT2D eigenvalue weighted by Gasteiger charge is 2.69. The summed E-state index contributed by atoms with van der Waals surface area (Å²) >= 11 is 2.92. The van der Waals surface area contributed by atoms with Crippen molar-refractivity contribution in [1.82, 2.24) is 4.98 Å². The summed E-state index contributed by atoms with van der Waals surface area (Å²) in [7, 11) is 1.63. The molecule has 39 heavy (non-hydrogen) atoms. The molecule has 1 aromatic heterocycles. The minimum atomic E-state index is -0.436. The summed E-state index contributed by atoms with van der Waals surface area (Å²) in [5.74, 6) is -0.558. The first-order valence-electron chi connectivity index (χ1n) is 13.1. The molecule has 1 saturated heterocycles. The molecule has 2 aromatic carbocycles. The van der Waals surface area contributed by atoms with Crippen molar-refractivity contribution < 1.29 is 23.9 Å². The molecule has 3 aromatic rings. The molecule has 10 heteroatoms. The Morgan fingerprint density at radius 3 is 2.36 bits per heavy atom. The molecule has 2 aliphatic carbocycles. The number of carbonyl (C=O) groups is 3. The van der Waals surface area contributed by atoms with Gasteiger partial charge in [0.15, 0.2) is 0 Å². The van der Waals surface area contributed by atoms with E-state index in [4.69, 9.17) is 9.47 Å². The molecule has 7 rings (SSSR count). The van der Waals surface area contributed by atoms with Crippen molar-refractivity contribution in [2.24, 2.45) is 29.6 Å². The summed E-state index contributed by atoms with van der Waals surface area (Å²) in [5.41, 5.74) is 1.96. The monoisotopic (exact) mass is 562 g/mol. The van der Waals surface area contributed by atoms with Crippen LogP contribution in [0.2, 0.25) is 0 Å². The van der Waals surface area contributed by atoms with Gasteiger partial charge in [0.05, 0.1) is 41.8 Å². The molecule has 2 amide bonds. The van der Waals surface area contributed by atoms with Gasteiger partial charge in [0.2, 0.25) is 11.8 Å². The molecule has 0 radical (unpaired) electrons. The van der Waals surface area contributed by atoms with Gasteiger partial charge >= 0.3 is 10.8 Å². The lowest BCUT2D eigenvalue weighted by atomic mass is 9.68. The number of amides is 2. The van der Waals surface area contributed by atoms with Crippen LogP contribution in [0.15, 0.2) is 58.4 Å². The van der Waals surface area contributed by atoms with Gasteiger partial charge in [0.25, 0.3) is 0 Å². The molecule has 3 heterocycles. The fourth-order valence-corrected chi connectivity index (χ4v) is 10.3. The van der Waals surface area contributed by atoms with E-state index in [1.165, 1.54) is 16.2 Å². The quantitative estimate of drug-likeness (QED) is 0.365. The number of nitrogens with zero attached hydrogens (tertiary/aromatic N) is 1. The number of thiazole rings is 1. The standard InChI is InChI=1S/C29H26N2O6S2/c1-3-37-28(34)14-4-8-15(9-5-14)31-26(32)21-17-12-18(22(21)27(31)33)23-20(17)19(13-6-10-16(36-2)11-7-13)24-25(38-23)30-29(35)39-24/h4-11,17-23H,3,12H2,1-2H3,(H,30,35)/t17?,18?,19-,20?,21?,22?,23?/m1/s1. The number of hydrogen-bond acceptors (Lipinski definition) is 8. The number of carbonyl (C=O) groups excluding carboxylic acids is 3. The summed E-state index contributed by atoms with van der Waals surface area (Å²) in [4.78, 5) is 57.5. The zero-order valence-corrected chi connectivity index (χ0v) is 22.9. The van der Waals surface area contributed by atoms with Gasteiger partial charge in [-0.2, -0.15) is 0 Å². The topological polar surface area (TPSA) is 106 Å². The van der Waals surface area contributed by atoms with Crippen LogP contribution in [-0.2, 0) is 14.3 Å². The lowest BCUT2D eigenvalue weighted by Gasteiger charge is -2.43. The van der Waals surface area contributed by atoms with Crippen LogP contribution in [0.25, 0.3) is 0 Å². The van der Waals surface area contributed by atoms with Crippen molar-refractivity contribution in [2.45, 2.75) is 29.5 Å². The van der Waals surface area contributed by atoms with Gasteiger partial charge in [-0.25, -0.2) is 4.79 Å². The Hall–Kier alpha value is -3.37. The van der Waals surface area contributed by atoms with Crippen LogP contribution < -0.4 is 14.5 Å². The highest BCUT2D eigenvalue weighted by atomic mass is 32.2. The van der Waals surface area contributed by atoms with Gasteiger partial charge in [0, 0.05) is 16.0 Å². The number of H-pyrrole nitrogens is 1. The number of fused-ring (bicyclic) bond motifs is 9. The van der Waals surface area contributed by atoms with E-state index in [-0.39, 0.29) is 64.1 Å². The van der Waals surface area contributed by atoms with E-state index >= 15 is 0 Å². The van der Waals surface area contributed by atoms with Crippen molar-refractivity contribution >= 4 is 46.6 Å². The molecule has 2 bridgehead atoms. The lowest BCUT2D eigenvalue weighted by molar-refractivity contribution is -0.123. The third-order valence-electron chi connectivity index (χ3n) is 8.84. The van der Waals surface area contributed by atoms with Crippen molar-refractivity contribution in [3.8, 4) is 5.75 Å². The lowest BCUT2D eigenvalue weighted by Crippen LogP contribution is -2.42. The predicted molar refractivity (Wildman–Crippen MR) is 146 cm³/mol. The average molecular weight is 563 g/mol. The summed E-state index contributed by atoms with van der Waals surface area (Å²) in [5, 5.41) is 1.02. The van der Waals surface area contributed by atoms with Gasteiger partial charge in [-0.1, -0.05) is 23.5 Å². The molecule has 2 saturated carbocycles. The fourth-order valence-electron chi connectivity index (χ4n) is 7.42. The predicted octanol–water partition coefficient (Wildman–Crippen LogP) is 4.30. The number of rotatable bonds is 5. The van der Waals surface area contributed by atoms with E-state index in [9.17, 15) is 19.2 Å². The third kappa shape index (κ3) is 3.57. The molecule has 200 valence electrons. The number of aromatic amines is 1. The van der Waals surface area contributed by atoms with Crippen molar-refractivity contribution in [1.29, 1.82) is 0 Å². The van der Waals surface area contributed by atoms with Crippen molar-refractivity contribution in [3.05, 3.63) is 74.2 Å². The van der Waals surface area contributed by atoms with E-state index in [1.54, 1.807) is 50.1 Å². The number of ether oxygens (including phenoxy) is 2. The van der Waals surface area contributed by atoms with Crippen LogP contribution in [0.3, 0.4) is 0 Å². The minimum Gasteiger partial charge on any atom is -0.497 e. The van der Waals surface area contributed by atoms with E-state index < -0.39 is 5.97 Å². The average Bonchev–Trinajstić information content (AvgIpc) is 3.68. The molecule has 7 atom stereocenters. The van der Waals surface area contributed by atoms with Crippen LogP contribution in [0, 0.1) is 29.6 Å². The normalized spacial score (nSPS) is 30.2. The van der Waals surface area contributed by atoms with Crippen molar-refractivity contribution in [3.63, 3.8) is 0 Å². The molecule has 0 spiro atoms. The first-order valence-corrected chi connectivity index (χ1v) is 14.8. The van der Waals surface area contributed by atoms with Crippen LogP contribution in [0.5, 0.6) is 5.75 Å². The first kappa shape index (κ1) is 24.7. The Morgan fingerprint density at radius 1 is 1.00 bits per heavy atom. The number of esters is 1. The minimum absolute atomic E-state index is 0.0298. The maximum Gasteiger partial charge on any atom is 0.338 e. The molecular formula is C29H26N2O6S2. The molecule has 6 unspecified atom stereocenters.